The zero-order valence-electron chi connectivity index (χ0n) is 18.4. The Balaban J connectivity index is 1.32. The average molecular weight is 403 g/mol. The van der Waals surface area contributed by atoms with Crippen LogP contribution in [0.1, 0.15) is 91.4 Å². The number of hydrogen-bond acceptors (Lipinski definition) is 4. The fraction of sp³-hybridized carbons (Fsp3) is 0.960. The molecule has 29 heavy (non-hydrogen) atoms. The summed E-state index contributed by atoms with van der Waals surface area (Å²) in [6.07, 6.45) is 11.8. The van der Waals surface area contributed by atoms with Gasteiger partial charge in [-0.05, 0) is 75.0 Å². The SMILES string of the molecule is CCC(=O)O[C@H]1CC[C@H]2[C@@H]3CC[C@@]45C[C@]6(O)CC(C[C@@H](C6)[C@]4(C)[C@H]3CC[C@]12C)O5. The van der Waals surface area contributed by atoms with Crippen LogP contribution in [0.2, 0.25) is 0 Å². The minimum atomic E-state index is -0.464. The van der Waals surface area contributed by atoms with Gasteiger partial charge in [-0.25, -0.2) is 0 Å². The minimum Gasteiger partial charge on any atom is -0.462 e. The fourth-order valence-corrected chi connectivity index (χ4v) is 10.0. The normalized spacial score (nSPS) is 59.7. The lowest BCUT2D eigenvalue weighted by Crippen LogP contribution is -2.75. The molecule has 0 amide bonds. The van der Waals surface area contributed by atoms with Crippen molar-refractivity contribution in [2.45, 2.75) is 115 Å². The van der Waals surface area contributed by atoms with Crippen LogP contribution >= 0.6 is 0 Å². The van der Waals surface area contributed by atoms with Crippen LogP contribution in [-0.4, -0.2) is 34.5 Å². The Hall–Kier alpha value is -0.610. The smallest absolute Gasteiger partial charge is 0.305 e. The van der Waals surface area contributed by atoms with Crippen molar-refractivity contribution < 1.29 is 19.4 Å². The molecular formula is C25H38O4. The maximum atomic E-state index is 12.0. The van der Waals surface area contributed by atoms with E-state index in [1.165, 1.54) is 25.7 Å². The van der Waals surface area contributed by atoms with Gasteiger partial charge in [0.2, 0.25) is 0 Å². The van der Waals surface area contributed by atoms with Crippen molar-refractivity contribution in [1.29, 1.82) is 0 Å². The van der Waals surface area contributed by atoms with Gasteiger partial charge >= 0.3 is 5.97 Å². The number of rotatable bonds is 2. The summed E-state index contributed by atoms with van der Waals surface area (Å²) in [5, 5.41) is 11.3. The average Bonchev–Trinajstić information content (AvgIpc) is 2.98. The van der Waals surface area contributed by atoms with Crippen molar-refractivity contribution in [3.05, 3.63) is 0 Å². The predicted octanol–water partition coefficient (Wildman–Crippen LogP) is 4.62. The van der Waals surface area contributed by atoms with Crippen molar-refractivity contribution >= 4 is 5.97 Å². The first-order valence-electron chi connectivity index (χ1n) is 12.3. The number of ether oxygens (including phenoxy) is 2. The Morgan fingerprint density at radius 3 is 2.69 bits per heavy atom. The van der Waals surface area contributed by atoms with Crippen LogP contribution in [0, 0.1) is 34.5 Å². The highest BCUT2D eigenvalue weighted by atomic mass is 16.5. The third-order valence-corrected chi connectivity index (χ3v) is 11.2. The Kier molecular flexibility index (Phi) is 3.82. The summed E-state index contributed by atoms with van der Waals surface area (Å²) in [5.41, 5.74) is -0.196. The lowest BCUT2D eigenvalue weighted by molar-refractivity contribution is -0.361. The second-order valence-corrected chi connectivity index (χ2v) is 12.1. The summed E-state index contributed by atoms with van der Waals surface area (Å²) in [7, 11) is 0. The minimum absolute atomic E-state index is 0.0313. The van der Waals surface area contributed by atoms with Crippen LogP contribution in [0.3, 0.4) is 0 Å². The largest absolute Gasteiger partial charge is 0.462 e. The van der Waals surface area contributed by atoms with Gasteiger partial charge in [0.05, 0.1) is 17.3 Å². The molecule has 2 aliphatic heterocycles. The summed E-state index contributed by atoms with van der Waals surface area (Å²) in [4.78, 5) is 12.0. The Morgan fingerprint density at radius 1 is 1.10 bits per heavy atom. The molecule has 4 heteroatoms. The van der Waals surface area contributed by atoms with Crippen LogP contribution in [0.15, 0.2) is 0 Å². The van der Waals surface area contributed by atoms with Crippen molar-refractivity contribution in [1.82, 2.24) is 0 Å². The number of esters is 1. The van der Waals surface area contributed by atoms with E-state index < -0.39 is 5.60 Å². The van der Waals surface area contributed by atoms with Gasteiger partial charge in [-0.2, -0.15) is 0 Å². The molecule has 4 nitrogen and oxygen atoms in total. The molecule has 162 valence electrons. The molecule has 1 spiro atoms. The first kappa shape index (κ1) is 19.1. The van der Waals surface area contributed by atoms with Gasteiger partial charge in [0, 0.05) is 30.1 Å². The molecule has 0 aromatic rings. The molecule has 10 atom stereocenters. The second-order valence-electron chi connectivity index (χ2n) is 12.1. The van der Waals surface area contributed by atoms with E-state index in [-0.39, 0.29) is 34.6 Å². The predicted molar refractivity (Wildman–Crippen MR) is 109 cm³/mol. The van der Waals surface area contributed by atoms with E-state index in [9.17, 15) is 9.90 Å². The second kappa shape index (κ2) is 5.79. The van der Waals surface area contributed by atoms with Crippen LogP contribution < -0.4 is 0 Å². The lowest BCUT2D eigenvalue weighted by atomic mass is 9.37. The number of aliphatic hydroxyl groups is 1. The van der Waals surface area contributed by atoms with Gasteiger partial charge in [-0.3, -0.25) is 4.79 Å². The number of fused-ring (bicyclic) bond motifs is 3. The van der Waals surface area contributed by atoms with E-state index in [0.29, 0.717) is 24.2 Å². The molecule has 0 radical (unpaired) electrons. The molecule has 7 aliphatic rings. The zero-order chi connectivity index (χ0) is 20.2. The van der Waals surface area contributed by atoms with Crippen LogP contribution in [0.25, 0.3) is 0 Å². The molecule has 5 aliphatic carbocycles. The Bertz CT molecular complexity index is 736. The van der Waals surface area contributed by atoms with Gasteiger partial charge < -0.3 is 14.6 Å². The van der Waals surface area contributed by atoms with Crippen molar-refractivity contribution in [3.8, 4) is 0 Å². The van der Waals surface area contributed by atoms with E-state index in [0.717, 1.165) is 44.4 Å². The molecule has 0 aromatic heterocycles. The third-order valence-electron chi connectivity index (χ3n) is 11.2. The van der Waals surface area contributed by atoms with E-state index in [1.807, 2.05) is 6.92 Å². The van der Waals surface area contributed by atoms with E-state index in [4.69, 9.17) is 9.47 Å². The van der Waals surface area contributed by atoms with Gasteiger partial charge in [-0.1, -0.05) is 20.8 Å². The third kappa shape index (κ3) is 2.26. The highest BCUT2D eigenvalue weighted by Gasteiger charge is 2.74. The number of carbonyl (C=O) groups is 1. The molecular weight excluding hydrogens is 364 g/mol. The van der Waals surface area contributed by atoms with Crippen molar-refractivity contribution in [3.63, 3.8) is 0 Å². The van der Waals surface area contributed by atoms with Gasteiger partial charge in [0.1, 0.15) is 6.10 Å². The molecule has 7 rings (SSSR count). The molecule has 7 fully saturated rings. The molecule has 1 unspecified atom stereocenters. The van der Waals surface area contributed by atoms with Crippen molar-refractivity contribution in [2.24, 2.45) is 34.5 Å². The maximum absolute atomic E-state index is 12.0. The molecule has 1 N–H and O–H groups in total. The highest BCUT2D eigenvalue weighted by Crippen LogP contribution is 2.74. The maximum Gasteiger partial charge on any atom is 0.305 e. The summed E-state index contributed by atoms with van der Waals surface area (Å²) < 4.78 is 12.8. The Morgan fingerprint density at radius 2 is 1.93 bits per heavy atom. The standard InChI is InChI=1S/C25H38O4/c1-4-21(26)28-20-6-5-18-17-7-10-25-14-24(27)12-15(11-16(13-24)29-25)23(25,3)19(17)8-9-22(18,20)2/h15-20,27H,4-14H2,1-3H3/t15-,16?,17-,18-,19-,20-,22-,23+,24+,25+/m0/s1. The molecule has 4 bridgehead atoms. The molecule has 0 aromatic carbocycles. The fourth-order valence-electron chi connectivity index (χ4n) is 10.0. The number of hydrogen-bond donors (Lipinski definition) is 1. The van der Waals surface area contributed by atoms with E-state index in [1.54, 1.807) is 0 Å². The first-order chi connectivity index (χ1) is 13.7. The van der Waals surface area contributed by atoms with Gasteiger partial charge in [0.25, 0.3) is 0 Å². The quantitative estimate of drug-likeness (QED) is 0.685. The first-order valence-corrected chi connectivity index (χ1v) is 12.3. The van der Waals surface area contributed by atoms with Gasteiger partial charge in [0.15, 0.2) is 0 Å². The zero-order valence-corrected chi connectivity index (χ0v) is 18.4. The molecule has 2 heterocycles. The highest BCUT2D eigenvalue weighted by molar-refractivity contribution is 5.69. The Labute approximate surface area is 175 Å². The van der Waals surface area contributed by atoms with E-state index >= 15 is 0 Å². The summed E-state index contributed by atoms with van der Waals surface area (Å²) in [6, 6.07) is 0. The topological polar surface area (TPSA) is 55.8 Å². The summed E-state index contributed by atoms with van der Waals surface area (Å²) in [5.74, 6) is 2.68. The number of carbonyl (C=O) groups excluding carboxylic acids is 1. The summed E-state index contributed by atoms with van der Waals surface area (Å²) >= 11 is 0. The van der Waals surface area contributed by atoms with Crippen LogP contribution in [-0.2, 0) is 14.3 Å². The van der Waals surface area contributed by atoms with Crippen LogP contribution in [0.4, 0.5) is 0 Å². The molecule has 2 saturated heterocycles. The van der Waals surface area contributed by atoms with E-state index in [2.05, 4.69) is 13.8 Å². The van der Waals surface area contributed by atoms with Crippen LogP contribution in [0.5, 0.6) is 0 Å². The van der Waals surface area contributed by atoms with Gasteiger partial charge in [-0.15, -0.1) is 0 Å². The summed E-state index contributed by atoms with van der Waals surface area (Å²) in [6.45, 7) is 6.86. The molecule has 5 saturated carbocycles. The lowest BCUT2D eigenvalue weighted by Gasteiger charge is -2.74. The van der Waals surface area contributed by atoms with Crippen molar-refractivity contribution in [2.75, 3.05) is 0 Å². The monoisotopic (exact) mass is 402 g/mol.